The Bertz CT molecular complexity index is 644. The molecule has 0 radical (unpaired) electrons. The fourth-order valence-electron chi connectivity index (χ4n) is 3.22. The van der Waals surface area contributed by atoms with Crippen LogP contribution in [0.25, 0.3) is 0 Å². The number of carbonyl (C=O) groups is 1. The Morgan fingerprint density at radius 2 is 1.83 bits per heavy atom. The van der Waals surface area contributed by atoms with Crippen molar-refractivity contribution in [2.45, 2.75) is 25.8 Å². The SMILES string of the molecule is CC(CN1CCC(=O)N(Cc2ccccn2)CC1)c1ccccc1. The lowest BCUT2D eigenvalue weighted by Gasteiger charge is -2.24. The molecule has 2 heterocycles. The van der Waals surface area contributed by atoms with Gasteiger partial charge in [0.1, 0.15) is 0 Å². The van der Waals surface area contributed by atoms with Gasteiger partial charge in [-0.1, -0.05) is 43.3 Å². The Hall–Kier alpha value is -2.20. The van der Waals surface area contributed by atoms with Crippen LogP contribution in [0.4, 0.5) is 0 Å². The van der Waals surface area contributed by atoms with Crippen LogP contribution in [0.3, 0.4) is 0 Å². The van der Waals surface area contributed by atoms with Crippen molar-refractivity contribution >= 4 is 5.91 Å². The maximum Gasteiger partial charge on any atom is 0.224 e. The van der Waals surface area contributed by atoms with E-state index in [0.29, 0.717) is 18.9 Å². The van der Waals surface area contributed by atoms with E-state index >= 15 is 0 Å². The summed E-state index contributed by atoms with van der Waals surface area (Å²) in [5.74, 6) is 0.708. The van der Waals surface area contributed by atoms with E-state index in [-0.39, 0.29) is 5.91 Å². The van der Waals surface area contributed by atoms with E-state index in [0.717, 1.165) is 31.9 Å². The van der Waals surface area contributed by atoms with E-state index in [1.54, 1.807) is 6.20 Å². The van der Waals surface area contributed by atoms with Crippen molar-refractivity contribution in [3.05, 3.63) is 66.0 Å². The highest BCUT2D eigenvalue weighted by molar-refractivity contribution is 5.76. The molecule has 1 fully saturated rings. The Kier molecular flexibility index (Phi) is 5.59. The number of pyridine rings is 1. The van der Waals surface area contributed by atoms with Crippen molar-refractivity contribution < 1.29 is 4.79 Å². The first-order valence-electron chi connectivity index (χ1n) is 8.67. The number of hydrogen-bond donors (Lipinski definition) is 0. The summed E-state index contributed by atoms with van der Waals surface area (Å²) >= 11 is 0. The van der Waals surface area contributed by atoms with Gasteiger partial charge < -0.3 is 9.80 Å². The highest BCUT2D eigenvalue weighted by Crippen LogP contribution is 2.17. The zero-order valence-corrected chi connectivity index (χ0v) is 14.3. The topological polar surface area (TPSA) is 36.4 Å². The Morgan fingerprint density at radius 3 is 2.58 bits per heavy atom. The van der Waals surface area contributed by atoms with E-state index in [4.69, 9.17) is 0 Å². The van der Waals surface area contributed by atoms with Crippen LogP contribution in [0.15, 0.2) is 54.7 Å². The average Bonchev–Trinajstić information content (AvgIpc) is 2.79. The molecule has 0 spiro atoms. The molecule has 1 aliphatic heterocycles. The van der Waals surface area contributed by atoms with Crippen LogP contribution in [0.2, 0.25) is 0 Å². The second-order valence-corrected chi connectivity index (χ2v) is 6.50. The van der Waals surface area contributed by atoms with Crippen LogP contribution >= 0.6 is 0 Å². The zero-order chi connectivity index (χ0) is 16.8. The van der Waals surface area contributed by atoms with E-state index in [9.17, 15) is 4.79 Å². The van der Waals surface area contributed by atoms with Gasteiger partial charge in [0.25, 0.3) is 0 Å². The standard InChI is InChI=1S/C20H25N3O/c1-17(18-7-3-2-4-8-18)15-22-12-10-20(24)23(14-13-22)16-19-9-5-6-11-21-19/h2-9,11,17H,10,12-16H2,1H3. The molecule has 3 rings (SSSR count). The lowest BCUT2D eigenvalue weighted by Crippen LogP contribution is -2.34. The molecular formula is C20H25N3O. The molecule has 0 saturated carbocycles. The first kappa shape index (κ1) is 16.7. The number of benzene rings is 1. The Labute approximate surface area is 144 Å². The van der Waals surface area contributed by atoms with Gasteiger partial charge in [0, 0.05) is 38.8 Å². The van der Waals surface area contributed by atoms with Gasteiger partial charge in [-0.25, -0.2) is 0 Å². The average molecular weight is 323 g/mol. The number of aromatic nitrogens is 1. The summed E-state index contributed by atoms with van der Waals surface area (Å²) in [6, 6.07) is 16.4. The molecule has 1 aromatic carbocycles. The third-order valence-corrected chi connectivity index (χ3v) is 4.66. The molecule has 1 saturated heterocycles. The van der Waals surface area contributed by atoms with Gasteiger partial charge in [-0.05, 0) is 23.6 Å². The predicted octanol–water partition coefficient (Wildman–Crippen LogP) is 2.92. The largest absolute Gasteiger partial charge is 0.335 e. The fourth-order valence-corrected chi connectivity index (χ4v) is 3.22. The van der Waals surface area contributed by atoms with Crippen molar-refractivity contribution in [2.75, 3.05) is 26.2 Å². The summed E-state index contributed by atoms with van der Waals surface area (Å²) in [5, 5.41) is 0. The zero-order valence-electron chi connectivity index (χ0n) is 14.3. The molecule has 4 heteroatoms. The van der Waals surface area contributed by atoms with Crippen LogP contribution in [-0.4, -0.2) is 46.9 Å². The Morgan fingerprint density at radius 1 is 1.04 bits per heavy atom. The molecule has 1 atom stereocenters. The maximum atomic E-state index is 12.4. The van der Waals surface area contributed by atoms with Crippen LogP contribution < -0.4 is 0 Å². The van der Waals surface area contributed by atoms with Crippen molar-refractivity contribution in [2.24, 2.45) is 0 Å². The highest BCUT2D eigenvalue weighted by Gasteiger charge is 2.22. The smallest absolute Gasteiger partial charge is 0.224 e. The third-order valence-electron chi connectivity index (χ3n) is 4.66. The first-order chi connectivity index (χ1) is 11.7. The minimum absolute atomic E-state index is 0.232. The minimum atomic E-state index is 0.232. The van der Waals surface area contributed by atoms with Crippen LogP contribution in [0.1, 0.15) is 30.5 Å². The number of carbonyl (C=O) groups excluding carboxylic acids is 1. The van der Waals surface area contributed by atoms with E-state index in [1.807, 2.05) is 23.1 Å². The molecule has 1 amide bonds. The molecule has 0 aliphatic carbocycles. The maximum absolute atomic E-state index is 12.4. The minimum Gasteiger partial charge on any atom is -0.335 e. The molecule has 24 heavy (non-hydrogen) atoms. The molecule has 1 aliphatic rings. The first-order valence-corrected chi connectivity index (χ1v) is 8.67. The number of rotatable bonds is 5. The Balaban J connectivity index is 1.57. The summed E-state index contributed by atoms with van der Waals surface area (Å²) in [6.07, 6.45) is 2.37. The van der Waals surface area contributed by atoms with E-state index in [1.165, 1.54) is 5.56 Å². The van der Waals surface area contributed by atoms with Gasteiger partial charge in [-0.15, -0.1) is 0 Å². The second kappa shape index (κ2) is 8.06. The van der Waals surface area contributed by atoms with Gasteiger partial charge in [0.15, 0.2) is 0 Å². The van der Waals surface area contributed by atoms with Crippen molar-refractivity contribution in [1.29, 1.82) is 0 Å². The van der Waals surface area contributed by atoms with Gasteiger partial charge in [0.2, 0.25) is 5.91 Å². The normalized spacial score (nSPS) is 17.5. The van der Waals surface area contributed by atoms with Crippen molar-refractivity contribution in [3.8, 4) is 0 Å². The molecule has 1 aromatic heterocycles. The summed E-state index contributed by atoms with van der Waals surface area (Å²) in [7, 11) is 0. The molecule has 2 aromatic rings. The van der Waals surface area contributed by atoms with E-state index < -0.39 is 0 Å². The summed E-state index contributed by atoms with van der Waals surface area (Å²) < 4.78 is 0. The van der Waals surface area contributed by atoms with Gasteiger partial charge >= 0.3 is 0 Å². The molecular weight excluding hydrogens is 298 g/mol. The van der Waals surface area contributed by atoms with Crippen LogP contribution in [0, 0.1) is 0 Å². The molecule has 4 nitrogen and oxygen atoms in total. The number of nitrogens with zero attached hydrogens (tertiary/aromatic N) is 3. The number of hydrogen-bond acceptors (Lipinski definition) is 3. The van der Waals surface area contributed by atoms with Gasteiger partial charge in [0.05, 0.1) is 12.2 Å². The third kappa shape index (κ3) is 4.42. The summed E-state index contributed by atoms with van der Waals surface area (Å²) in [4.78, 5) is 21.1. The fraction of sp³-hybridized carbons (Fsp3) is 0.400. The lowest BCUT2D eigenvalue weighted by atomic mass is 10.0. The summed E-state index contributed by atoms with van der Waals surface area (Å²) in [6.45, 7) is 6.41. The van der Waals surface area contributed by atoms with Crippen molar-refractivity contribution in [3.63, 3.8) is 0 Å². The second-order valence-electron chi connectivity index (χ2n) is 6.50. The molecule has 0 N–H and O–H groups in total. The highest BCUT2D eigenvalue weighted by atomic mass is 16.2. The van der Waals surface area contributed by atoms with E-state index in [2.05, 4.69) is 47.1 Å². The van der Waals surface area contributed by atoms with Gasteiger partial charge in [-0.2, -0.15) is 0 Å². The lowest BCUT2D eigenvalue weighted by molar-refractivity contribution is -0.131. The quantitative estimate of drug-likeness (QED) is 0.849. The summed E-state index contributed by atoms with van der Waals surface area (Å²) in [5.41, 5.74) is 2.32. The molecule has 126 valence electrons. The predicted molar refractivity (Wildman–Crippen MR) is 95.6 cm³/mol. The van der Waals surface area contributed by atoms with Crippen LogP contribution in [-0.2, 0) is 11.3 Å². The van der Waals surface area contributed by atoms with Crippen molar-refractivity contribution in [1.82, 2.24) is 14.8 Å². The van der Waals surface area contributed by atoms with Gasteiger partial charge in [-0.3, -0.25) is 9.78 Å². The molecule has 0 bridgehead atoms. The monoisotopic (exact) mass is 323 g/mol. The molecule has 1 unspecified atom stereocenters. The number of amides is 1. The van der Waals surface area contributed by atoms with Crippen LogP contribution in [0.5, 0.6) is 0 Å².